The monoisotopic (exact) mass is 1160 g/mol. The highest BCUT2D eigenvalue weighted by Gasteiger charge is 2.43. The van der Waals surface area contributed by atoms with Crippen molar-refractivity contribution in [1.82, 2.24) is 19.6 Å². The SMILES string of the molecule is CC(C)C[C@H]1C(=O)O[C@H](Cc2ccc(Cc3occc3C#N)cc2)C(=O)N(C)[C@@H](CC(C)C)C(=O)O[C@H](C)C(=O)N(C)[C@@H](CC(C)C)C(=O)O[C@H](Cc2ccc(Cc3occc3C#N)cc2)C(=O)N(C)[C@@H](CC(C)C)C(=O)O[C@H](C)C(=O)N1C. The molecule has 84 heavy (non-hydrogen) atoms. The van der Waals surface area contributed by atoms with Gasteiger partial charge in [0.25, 0.3) is 23.6 Å². The molecular weight excluding hydrogens is 1080 g/mol. The fourth-order valence-electron chi connectivity index (χ4n) is 10.0. The average molecular weight is 1160 g/mol. The lowest BCUT2D eigenvalue weighted by molar-refractivity contribution is -0.176. The Hall–Kier alpha value is -8.26. The van der Waals surface area contributed by atoms with Crippen LogP contribution in [-0.4, -0.2) is 144 Å². The van der Waals surface area contributed by atoms with Crippen LogP contribution in [0.3, 0.4) is 0 Å². The number of carbonyl (C=O) groups excluding carboxylic acids is 8. The summed E-state index contributed by atoms with van der Waals surface area (Å²) in [5, 5.41) is 19.1. The Balaban J connectivity index is 1.59. The van der Waals surface area contributed by atoms with Crippen LogP contribution in [0.15, 0.2) is 82.0 Å². The zero-order valence-corrected chi connectivity index (χ0v) is 50.9. The number of hydrogen-bond donors (Lipinski definition) is 0. The van der Waals surface area contributed by atoms with Crippen LogP contribution in [-0.2, 0) is 83.0 Å². The normalized spacial score (nSPS) is 22.5. The summed E-state index contributed by atoms with van der Waals surface area (Å²) in [5.41, 5.74) is 3.43. The molecule has 0 saturated carbocycles. The Kier molecular flexibility index (Phi) is 24.0. The molecule has 0 aliphatic carbocycles. The van der Waals surface area contributed by atoms with Gasteiger partial charge >= 0.3 is 23.9 Å². The Labute approximate surface area is 493 Å². The molecule has 3 heterocycles. The van der Waals surface area contributed by atoms with Crippen LogP contribution in [0, 0.1) is 46.3 Å². The van der Waals surface area contributed by atoms with Gasteiger partial charge in [-0.1, -0.05) is 104 Å². The summed E-state index contributed by atoms with van der Waals surface area (Å²) in [6, 6.07) is 16.1. The zero-order chi connectivity index (χ0) is 62.3. The quantitative estimate of drug-likeness (QED) is 0.0766. The molecule has 0 N–H and O–H groups in total. The van der Waals surface area contributed by atoms with E-state index in [1.54, 1.807) is 60.7 Å². The Morgan fingerprint density at radius 2 is 0.667 bits per heavy atom. The van der Waals surface area contributed by atoms with Crippen LogP contribution in [0.25, 0.3) is 0 Å². The smallest absolute Gasteiger partial charge is 0.329 e. The number of nitriles is 2. The second kappa shape index (κ2) is 30.3. The summed E-state index contributed by atoms with van der Waals surface area (Å²) in [6.45, 7) is 17.3. The Bertz CT molecular complexity index is 2800. The number of carbonyl (C=O) groups is 8. The largest absolute Gasteiger partial charge is 0.468 e. The van der Waals surface area contributed by atoms with Crippen molar-refractivity contribution in [2.24, 2.45) is 23.7 Å². The van der Waals surface area contributed by atoms with Gasteiger partial charge in [-0.2, -0.15) is 10.5 Å². The van der Waals surface area contributed by atoms with Gasteiger partial charge in [-0.25, -0.2) is 19.2 Å². The van der Waals surface area contributed by atoms with E-state index in [9.17, 15) is 39.3 Å². The van der Waals surface area contributed by atoms with Crippen LogP contribution in [0.2, 0.25) is 0 Å². The number of ether oxygens (including phenoxy) is 4. The van der Waals surface area contributed by atoms with Crippen LogP contribution in [0.5, 0.6) is 0 Å². The first-order valence-electron chi connectivity index (χ1n) is 28.6. The number of hydrogen-bond acceptors (Lipinski definition) is 16. The van der Waals surface area contributed by atoms with E-state index in [1.807, 2.05) is 55.4 Å². The molecule has 0 spiro atoms. The summed E-state index contributed by atoms with van der Waals surface area (Å²) in [7, 11) is 5.46. The summed E-state index contributed by atoms with van der Waals surface area (Å²) >= 11 is 0. The van der Waals surface area contributed by atoms with Crippen molar-refractivity contribution in [1.29, 1.82) is 10.5 Å². The predicted octanol–water partition coefficient (Wildman–Crippen LogP) is 7.78. The number of nitrogens with zero attached hydrogens (tertiary/aromatic N) is 6. The van der Waals surface area contributed by atoms with Crippen molar-refractivity contribution >= 4 is 47.5 Å². The molecule has 2 aromatic heterocycles. The summed E-state index contributed by atoms with van der Waals surface area (Å²) in [4.78, 5) is 122. The fourth-order valence-corrected chi connectivity index (χ4v) is 10.0. The molecule has 1 fully saturated rings. The molecule has 20 heteroatoms. The zero-order valence-electron chi connectivity index (χ0n) is 50.9. The molecule has 2 aromatic carbocycles. The number of benzene rings is 2. The first kappa shape index (κ1) is 66.5. The third-order valence-corrected chi connectivity index (χ3v) is 14.8. The van der Waals surface area contributed by atoms with Gasteiger partial charge in [-0.05, 0) is 97.6 Å². The lowest BCUT2D eigenvalue weighted by atomic mass is 9.99. The van der Waals surface area contributed by atoms with Gasteiger partial charge in [0.1, 0.15) is 47.8 Å². The molecule has 4 aromatic rings. The van der Waals surface area contributed by atoms with E-state index < -0.39 is 96.1 Å². The van der Waals surface area contributed by atoms with Crippen molar-refractivity contribution in [3.63, 3.8) is 0 Å². The van der Waals surface area contributed by atoms with Crippen molar-refractivity contribution in [3.05, 3.63) is 118 Å². The van der Waals surface area contributed by atoms with Crippen molar-refractivity contribution in [3.8, 4) is 12.1 Å². The second-order valence-corrected chi connectivity index (χ2v) is 23.5. The number of esters is 4. The lowest BCUT2D eigenvalue weighted by Crippen LogP contribution is -2.55. The molecule has 1 saturated heterocycles. The maximum absolute atomic E-state index is 15.0. The second-order valence-electron chi connectivity index (χ2n) is 23.5. The highest BCUT2D eigenvalue weighted by atomic mass is 16.6. The molecule has 0 radical (unpaired) electrons. The lowest BCUT2D eigenvalue weighted by Gasteiger charge is -2.35. The van der Waals surface area contributed by atoms with Gasteiger partial charge in [0.05, 0.1) is 23.7 Å². The Morgan fingerprint density at radius 3 is 0.940 bits per heavy atom. The molecule has 1 aliphatic heterocycles. The van der Waals surface area contributed by atoms with Gasteiger partial charge < -0.3 is 47.4 Å². The van der Waals surface area contributed by atoms with Crippen LogP contribution in [0.1, 0.15) is 140 Å². The molecule has 0 unspecified atom stereocenters. The van der Waals surface area contributed by atoms with E-state index in [2.05, 4.69) is 12.1 Å². The Morgan fingerprint density at radius 1 is 0.405 bits per heavy atom. The van der Waals surface area contributed by atoms with Gasteiger partial charge in [-0.3, -0.25) is 19.2 Å². The van der Waals surface area contributed by atoms with Crippen LogP contribution < -0.4 is 0 Å². The van der Waals surface area contributed by atoms with Gasteiger partial charge in [0, 0.05) is 53.9 Å². The van der Waals surface area contributed by atoms with E-state index in [1.165, 1.54) is 54.6 Å². The molecule has 4 amide bonds. The van der Waals surface area contributed by atoms with Crippen LogP contribution in [0.4, 0.5) is 0 Å². The summed E-state index contributed by atoms with van der Waals surface area (Å²) < 4.78 is 35.2. The van der Waals surface area contributed by atoms with Crippen molar-refractivity contribution in [2.75, 3.05) is 28.2 Å². The molecule has 8 atom stereocenters. The molecule has 452 valence electrons. The van der Waals surface area contributed by atoms with E-state index >= 15 is 9.59 Å². The standard InChI is InChI=1S/C64H82N6O14/c1-37(2)27-49-61(75)81-41(9)57(71)67(11)52(30-40(7)8)64(78)84-56(34-46-21-17-44(18-22-46)32-54-48(36-66)24-26-80-54)60(74)70(14)50(28-38(3)4)62(76)82-42(10)58(72)68(12)51(29-39(5)6)63(77)83-55(59(73)69(49)13)33-45-19-15-43(16-20-45)31-53-47(35-65)23-25-79-53/h15-26,37-42,49-52,55-56H,27-34H2,1-14H3/t41-,42-,49+,50+,51+,52+,55-,56-/m1/s1. The number of amides is 4. The minimum atomic E-state index is -1.59. The van der Waals surface area contributed by atoms with Crippen LogP contribution >= 0.6 is 0 Å². The van der Waals surface area contributed by atoms with Gasteiger partial charge in [-0.15, -0.1) is 0 Å². The fraction of sp³-hybridized carbons (Fsp3) is 0.531. The van der Waals surface area contributed by atoms with E-state index in [-0.39, 0.29) is 62.2 Å². The van der Waals surface area contributed by atoms with Gasteiger partial charge in [0.15, 0.2) is 24.4 Å². The first-order chi connectivity index (χ1) is 39.6. The maximum Gasteiger partial charge on any atom is 0.329 e. The highest BCUT2D eigenvalue weighted by molar-refractivity contribution is 5.94. The maximum atomic E-state index is 15.0. The molecule has 20 nitrogen and oxygen atoms in total. The van der Waals surface area contributed by atoms with Crippen molar-refractivity contribution < 1.29 is 66.1 Å². The van der Waals surface area contributed by atoms with E-state index in [0.29, 0.717) is 46.6 Å². The van der Waals surface area contributed by atoms with Gasteiger partial charge in [0.2, 0.25) is 0 Å². The summed E-state index contributed by atoms with van der Waals surface area (Å²) in [6.07, 6.45) is -2.94. The number of rotatable bonds is 16. The summed E-state index contributed by atoms with van der Waals surface area (Å²) in [5.74, 6) is -6.92. The number of furan rings is 2. The molecular formula is C64H82N6O14. The van der Waals surface area contributed by atoms with E-state index in [4.69, 9.17) is 27.8 Å². The highest BCUT2D eigenvalue weighted by Crippen LogP contribution is 2.26. The molecule has 5 rings (SSSR count). The topological polar surface area (TPSA) is 260 Å². The predicted molar refractivity (Wildman–Crippen MR) is 308 cm³/mol. The third-order valence-electron chi connectivity index (χ3n) is 14.8. The molecule has 0 bridgehead atoms. The average Bonchev–Trinajstić information content (AvgIpc) is 4.14. The van der Waals surface area contributed by atoms with Crippen molar-refractivity contribution in [2.45, 2.75) is 169 Å². The minimum absolute atomic E-state index is 0.0491. The minimum Gasteiger partial charge on any atom is -0.468 e. The third kappa shape index (κ3) is 17.9. The number of likely N-dealkylation sites (N-methyl/N-ethyl adjacent to an activating group) is 4. The first-order valence-corrected chi connectivity index (χ1v) is 28.6. The molecule has 1 aliphatic rings. The number of cyclic esters (lactones) is 4. The van der Waals surface area contributed by atoms with E-state index in [0.717, 1.165) is 30.7 Å².